The fraction of sp³-hybridized carbons (Fsp3) is 0.333. The van der Waals surface area contributed by atoms with Crippen LogP contribution < -0.4 is 5.73 Å². The van der Waals surface area contributed by atoms with E-state index in [1.807, 2.05) is 25.3 Å². The van der Waals surface area contributed by atoms with Gasteiger partial charge in [-0.3, -0.25) is 0 Å². The van der Waals surface area contributed by atoms with Crippen molar-refractivity contribution in [2.75, 3.05) is 0 Å². The van der Waals surface area contributed by atoms with Gasteiger partial charge in [0.15, 0.2) is 12.3 Å². The molecule has 2 rings (SSSR count). The molecule has 0 saturated heterocycles. The summed E-state index contributed by atoms with van der Waals surface area (Å²) in [5.74, 6) is 0.761. The molecule has 1 heterocycles. The second kappa shape index (κ2) is 8.41. The number of carbonyl (C=O) groups excluding carboxylic acids is 1. The lowest BCUT2D eigenvalue weighted by Gasteiger charge is -2.11. The second-order valence-corrected chi connectivity index (χ2v) is 6.83. The van der Waals surface area contributed by atoms with Gasteiger partial charge in [0.1, 0.15) is 10.9 Å². The summed E-state index contributed by atoms with van der Waals surface area (Å²) in [5.41, 5.74) is 6.78. The Morgan fingerprint density at radius 1 is 1.50 bits per heavy atom. The van der Waals surface area contributed by atoms with Crippen molar-refractivity contribution in [3.8, 4) is 6.07 Å². The molecule has 2 N–H and O–H groups in total. The summed E-state index contributed by atoms with van der Waals surface area (Å²) in [4.78, 5) is 19.8. The number of ether oxygens (including phenoxy) is 1. The normalized spacial score (nSPS) is 10.4. The van der Waals surface area contributed by atoms with E-state index in [-0.39, 0.29) is 12.5 Å². The average molecular weight is 369 g/mol. The summed E-state index contributed by atoms with van der Waals surface area (Å²) in [7, 11) is 0. The Labute approximate surface area is 156 Å². The molecule has 1 amide bonds. The Hall–Kier alpha value is -2.97. The van der Waals surface area contributed by atoms with E-state index >= 15 is 0 Å². The molecule has 0 aliphatic rings. The number of aromatic nitrogens is 2. The summed E-state index contributed by atoms with van der Waals surface area (Å²) in [6.45, 7) is 13.9. The molecular formula is C18H19N5O2S. The highest BCUT2D eigenvalue weighted by atomic mass is 32.2. The molecule has 0 spiro atoms. The van der Waals surface area contributed by atoms with E-state index in [0.717, 1.165) is 15.6 Å². The van der Waals surface area contributed by atoms with Crippen LogP contribution in [0.4, 0.5) is 10.5 Å². The number of imidazole rings is 1. The molecule has 7 nitrogen and oxygen atoms in total. The molecule has 0 bridgehead atoms. The Bertz CT molecular complexity index is 873. The number of hydrogen-bond donors (Lipinski definition) is 1. The van der Waals surface area contributed by atoms with Gasteiger partial charge in [0.25, 0.3) is 0 Å². The van der Waals surface area contributed by atoms with Crippen LogP contribution in [0.5, 0.6) is 0 Å². The van der Waals surface area contributed by atoms with Gasteiger partial charge in [-0.15, -0.1) is 0 Å². The fourth-order valence-electron chi connectivity index (χ4n) is 2.44. The lowest BCUT2D eigenvalue weighted by molar-refractivity contribution is 0.145. The Balaban J connectivity index is 2.49. The third-order valence-electron chi connectivity index (χ3n) is 3.60. The standard InChI is InChI=1S/C18H19N5O2S/c1-5-23-15(10-25-18(20)24)22-16(11(2)3)17(23)26-14-7-12(9-19)6-13(8-14)21-4/h6-8,11H,5,10H2,1-3H3,(H2,20,24). The van der Waals surface area contributed by atoms with Gasteiger partial charge in [0, 0.05) is 17.0 Å². The van der Waals surface area contributed by atoms with E-state index in [2.05, 4.69) is 15.9 Å². The van der Waals surface area contributed by atoms with E-state index in [1.54, 1.807) is 18.2 Å². The Morgan fingerprint density at radius 2 is 2.23 bits per heavy atom. The number of carbonyl (C=O) groups is 1. The van der Waals surface area contributed by atoms with Gasteiger partial charge in [-0.1, -0.05) is 25.6 Å². The zero-order valence-corrected chi connectivity index (χ0v) is 15.6. The van der Waals surface area contributed by atoms with Gasteiger partial charge in [-0.25, -0.2) is 14.6 Å². The molecule has 0 saturated carbocycles. The molecule has 8 heteroatoms. The van der Waals surface area contributed by atoms with Gasteiger partial charge in [-0.05, 0) is 31.0 Å². The van der Waals surface area contributed by atoms with Crippen molar-refractivity contribution in [2.24, 2.45) is 5.73 Å². The van der Waals surface area contributed by atoms with Crippen LogP contribution in [0.15, 0.2) is 28.1 Å². The van der Waals surface area contributed by atoms with E-state index in [0.29, 0.717) is 23.6 Å². The zero-order valence-electron chi connectivity index (χ0n) is 14.8. The molecule has 0 aliphatic heterocycles. The van der Waals surface area contributed by atoms with Crippen molar-refractivity contribution in [3.63, 3.8) is 0 Å². The molecule has 0 radical (unpaired) electrons. The highest BCUT2D eigenvalue weighted by Crippen LogP contribution is 2.37. The molecule has 0 fully saturated rings. The van der Waals surface area contributed by atoms with E-state index in [4.69, 9.17) is 17.0 Å². The summed E-state index contributed by atoms with van der Waals surface area (Å²) in [5, 5.41) is 10.1. The molecular weight excluding hydrogens is 350 g/mol. The number of hydrogen-bond acceptors (Lipinski definition) is 5. The maximum atomic E-state index is 10.9. The Kier molecular flexibility index (Phi) is 6.26. The smallest absolute Gasteiger partial charge is 0.404 e. The van der Waals surface area contributed by atoms with E-state index < -0.39 is 6.09 Å². The van der Waals surface area contributed by atoms with Crippen molar-refractivity contribution in [3.05, 3.63) is 46.7 Å². The van der Waals surface area contributed by atoms with Gasteiger partial charge in [0.05, 0.1) is 18.3 Å². The van der Waals surface area contributed by atoms with Crippen molar-refractivity contribution < 1.29 is 9.53 Å². The number of amides is 1. The quantitative estimate of drug-likeness (QED) is 0.770. The first kappa shape index (κ1) is 19.4. The van der Waals surface area contributed by atoms with Crippen LogP contribution in [-0.2, 0) is 17.9 Å². The molecule has 26 heavy (non-hydrogen) atoms. The number of primary amides is 1. The maximum absolute atomic E-state index is 10.9. The van der Waals surface area contributed by atoms with Crippen LogP contribution in [0.3, 0.4) is 0 Å². The molecule has 0 unspecified atom stereocenters. The predicted molar refractivity (Wildman–Crippen MR) is 97.9 cm³/mol. The van der Waals surface area contributed by atoms with E-state index in [9.17, 15) is 10.1 Å². The van der Waals surface area contributed by atoms with Gasteiger partial charge < -0.3 is 15.0 Å². The van der Waals surface area contributed by atoms with Crippen molar-refractivity contribution in [1.82, 2.24) is 9.55 Å². The average Bonchev–Trinajstić information content (AvgIpc) is 2.97. The summed E-state index contributed by atoms with van der Waals surface area (Å²) in [6, 6.07) is 7.13. The predicted octanol–water partition coefficient (Wildman–Crippen LogP) is 4.20. The lowest BCUT2D eigenvalue weighted by atomic mass is 10.1. The largest absolute Gasteiger partial charge is 0.442 e. The van der Waals surface area contributed by atoms with Crippen molar-refractivity contribution in [2.45, 2.75) is 49.8 Å². The van der Waals surface area contributed by atoms with Gasteiger partial charge in [-0.2, -0.15) is 5.26 Å². The maximum Gasteiger partial charge on any atom is 0.404 e. The number of nitrogens with zero attached hydrogens (tertiary/aromatic N) is 4. The van der Waals surface area contributed by atoms with Gasteiger partial charge >= 0.3 is 6.09 Å². The first-order valence-electron chi connectivity index (χ1n) is 8.01. The monoisotopic (exact) mass is 369 g/mol. The molecule has 134 valence electrons. The highest BCUT2D eigenvalue weighted by molar-refractivity contribution is 7.99. The minimum absolute atomic E-state index is 0.00497. The summed E-state index contributed by atoms with van der Waals surface area (Å²) >= 11 is 1.44. The SMILES string of the molecule is [C-]#[N+]c1cc(C#N)cc(Sc2c(C(C)C)nc(COC(N)=O)n2CC)c1. The molecule has 1 aromatic heterocycles. The highest BCUT2D eigenvalue weighted by Gasteiger charge is 2.20. The fourth-order valence-corrected chi connectivity index (χ4v) is 3.76. The number of benzene rings is 1. The number of rotatable bonds is 6. The van der Waals surface area contributed by atoms with Crippen LogP contribution in [0, 0.1) is 17.9 Å². The molecule has 0 atom stereocenters. The summed E-state index contributed by atoms with van der Waals surface area (Å²) < 4.78 is 6.86. The van der Waals surface area contributed by atoms with Crippen LogP contribution in [0.25, 0.3) is 4.85 Å². The second-order valence-electron chi connectivity index (χ2n) is 5.77. The summed E-state index contributed by atoms with van der Waals surface area (Å²) in [6.07, 6.45) is -0.848. The van der Waals surface area contributed by atoms with Crippen LogP contribution in [0.1, 0.15) is 43.8 Å². The van der Waals surface area contributed by atoms with E-state index in [1.165, 1.54) is 11.8 Å². The molecule has 2 aromatic rings. The molecule has 0 aliphatic carbocycles. The van der Waals surface area contributed by atoms with Crippen molar-refractivity contribution in [1.29, 1.82) is 5.26 Å². The third kappa shape index (κ3) is 4.35. The third-order valence-corrected chi connectivity index (χ3v) is 4.69. The van der Waals surface area contributed by atoms with Crippen LogP contribution in [-0.4, -0.2) is 15.6 Å². The first-order valence-corrected chi connectivity index (χ1v) is 8.83. The Morgan fingerprint density at radius 3 is 2.77 bits per heavy atom. The number of nitriles is 1. The van der Waals surface area contributed by atoms with Crippen molar-refractivity contribution >= 4 is 23.5 Å². The van der Waals surface area contributed by atoms with Crippen LogP contribution >= 0.6 is 11.8 Å². The van der Waals surface area contributed by atoms with Crippen LogP contribution in [0.2, 0.25) is 0 Å². The topological polar surface area (TPSA) is 98.3 Å². The first-order chi connectivity index (χ1) is 12.4. The number of nitrogens with two attached hydrogens (primary N) is 1. The molecule has 1 aromatic carbocycles. The zero-order chi connectivity index (χ0) is 19.3. The lowest BCUT2D eigenvalue weighted by Crippen LogP contribution is -2.15. The van der Waals surface area contributed by atoms with Gasteiger partial charge in [0.2, 0.25) is 0 Å². The minimum atomic E-state index is -0.848. The minimum Gasteiger partial charge on any atom is -0.442 e.